The maximum absolute atomic E-state index is 5.46. The van der Waals surface area contributed by atoms with E-state index in [2.05, 4.69) is 45.2 Å². The standard InChI is InChI=1S/C14H10BrNO/c1-9-16-13-8-11(4-7-14(13)17-9)10-2-5-12(15)6-3-10/h2-8H,1H3. The van der Waals surface area contributed by atoms with Gasteiger partial charge in [-0.25, -0.2) is 4.98 Å². The fourth-order valence-electron chi connectivity index (χ4n) is 1.86. The van der Waals surface area contributed by atoms with Gasteiger partial charge in [0.25, 0.3) is 0 Å². The van der Waals surface area contributed by atoms with Crippen LogP contribution in [0.3, 0.4) is 0 Å². The largest absolute Gasteiger partial charge is 0.441 e. The minimum Gasteiger partial charge on any atom is -0.441 e. The molecule has 0 amide bonds. The van der Waals surface area contributed by atoms with Gasteiger partial charge < -0.3 is 4.42 Å². The van der Waals surface area contributed by atoms with Crippen molar-refractivity contribution < 1.29 is 4.42 Å². The lowest BCUT2D eigenvalue weighted by molar-refractivity contribution is 0.561. The van der Waals surface area contributed by atoms with E-state index in [-0.39, 0.29) is 0 Å². The zero-order valence-corrected chi connectivity index (χ0v) is 10.9. The summed E-state index contributed by atoms with van der Waals surface area (Å²) in [4.78, 5) is 4.34. The van der Waals surface area contributed by atoms with Crippen LogP contribution in [-0.2, 0) is 0 Å². The SMILES string of the molecule is Cc1nc2cc(-c3ccc(Br)cc3)ccc2o1. The summed E-state index contributed by atoms with van der Waals surface area (Å²) < 4.78 is 6.54. The first-order chi connectivity index (χ1) is 8.22. The predicted molar refractivity (Wildman–Crippen MR) is 71.9 cm³/mol. The molecule has 2 aromatic carbocycles. The van der Waals surface area contributed by atoms with Gasteiger partial charge in [0.15, 0.2) is 11.5 Å². The average molecular weight is 288 g/mol. The molecule has 17 heavy (non-hydrogen) atoms. The van der Waals surface area contributed by atoms with Crippen molar-refractivity contribution in [2.75, 3.05) is 0 Å². The number of halogens is 1. The van der Waals surface area contributed by atoms with Crippen LogP contribution in [0.2, 0.25) is 0 Å². The molecule has 1 aromatic heterocycles. The zero-order chi connectivity index (χ0) is 11.8. The van der Waals surface area contributed by atoms with Gasteiger partial charge in [-0.1, -0.05) is 34.1 Å². The smallest absolute Gasteiger partial charge is 0.192 e. The Morgan fingerprint density at radius 3 is 2.47 bits per heavy atom. The van der Waals surface area contributed by atoms with Crippen molar-refractivity contribution in [2.24, 2.45) is 0 Å². The molecule has 0 N–H and O–H groups in total. The Labute approximate surface area is 107 Å². The molecule has 3 aromatic rings. The molecule has 3 rings (SSSR count). The highest BCUT2D eigenvalue weighted by atomic mass is 79.9. The quantitative estimate of drug-likeness (QED) is 0.655. The van der Waals surface area contributed by atoms with E-state index in [9.17, 15) is 0 Å². The summed E-state index contributed by atoms with van der Waals surface area (Å²) in [6, 6.07) is 14.3. The summed E-state index contributed by atoms with van der Waals surface area (Å²) >= 11 is 3.43. The second-order valence-electron chi connectivity index (χ2n) is 3.92. The summed E-state index contributed by atoms with van der Waals surface area (Å²) in [6.45, 7) is 1.86. The van der Waals surface area contributed by atoms with Gasteiger partial charge in [-0.15, -0.1) is 0 Å². The Morgan fingerprint density at radius 1 is 1.00 bits per heavy atom. The third-order valence-corrected chi connectivity index (χ3v) is 3.20. The summed E-state index contributed by atoms with van der Waals surface area (Å²) in [5.74, 6) is 0.702. The van der Waals surface area contributed by atoms with Gasteiger partial charge in [0.05, 0.1) is 0 Å². The number of hydrogen-bond donors (Lipinski definition) is 0. The molecule has 1 heterocycles. The average Bonchev–Trinajstić information content (AvgIpc) is 2.69. The zero-order valence-electron chi connectivity index (χ0n) is 9.27. The fraction of sp³-hybridized carbons (Fsp3) is 0.0714. The van der Waals surface area contributed by atoms with Gasteiger partial charge in [-0.05, 0) is 35.4 Å². The molecule has 0 aliphatic carbocycles. The van der Waals surface area contributed by atoms with Crippen LogP contribution in [0.4, 0.5) is 0 Å². The van der Waals surface area contributed by atoms with E-state index in [0.717, 1.165) is 21.1 Å². The number of hydrogen-bond acceptors (Lipinski definition) is 2. The highest BCUT2D eigenvalue weighted by Crippen LogP contribution is 2.25. The molecule has 0 saturated carbocycles. The number of fused-ring (bicyclic) bond motifs is 1. The van der Waals surface area contributed by atoms with Crippen LogP contribution < -0.4 is 0 Å². The molecule has 84 valence electrons. The Bertz CT molecular complexity index is 670. The van der Waals surface area contributed by atoms with Crippen molar-refractivity contribution in [1.82, 2.24) is 4.98 Å². The highest BCUT2D eigenvalue weighted by Gasteiger charge is 2.04. The molecule has 0 unspecified atom stereocenters. The molecule has 0 aliphatic heterocycles. The molecule has 0 fully saturated rings. The second-order valence-corrected chi connectivity index (χ2v) is 4.84. The van der Waals surface area contributed by atoms with Gasteiger partial charge in [-0.2, -0.15) is 0 Å². The Kier molecular flexibility index (Phi) is 2.48. The summed E-state index contributed by atoms with van der Waals surface area (Å²) in [5, 5.41) is 0. The number of aromatic nitrogens is 1. The third-order valence-electron chi connectivity index (χ3n) is 2.67. The predicted octanol–water partition coefficient (Wildman–Crippen LogP) is 4.57. The first-order valence-corrected chi connectivity index (χ1v) is 6.15. The van der Waals surface area contributed by atoms with Crippen LogP contribution in [0.25, 0.3) is 22.2 Å². The maximum atomic E-state index is 5.46. The second kappa shape index (κ2) is 4.00. The maximum Gasteiger partial charge on any atom is 0.192 e. The number of oxazole rings is 1. The van der Waals surface area contributed by atoms with E-state index in [0.29, 0.717) is 5.89 Å². The van der Waals surface area contributed by atoms with Gasteiger partial charge in [0.1, 0.15) is 5.52 Å². The number of nitrogens with zero attached hydrogens (tertiary/aromatic N) is 1. The van der Waals surface area contributed by atoms with E-state index in [1.165, 1.54) is 5.56 Å². The lowest BCUT2D eigenvalue weighted by atomic mass is 10.1. The molecule has 0 radical (unpaired) electrons. The summed E-state index contributed by atoms with van der Waals surface area (Å²) in [5.41, 5.74) is 4.07. The number of aryl methyl sites for hydroxylation is 1. The lowest BCUT2D eigenvalue weighted by Gasteiger charge is -2.01. The van der Waals surface area contributed by atoms with E-state index < -0.39 is 0 Å². The van der Waals surface area contributed by atoms with E-state index in [1.54, 1.807) is 0 Å². The number of benzene rings is 2. The van der Waals surface area contributed by atoms with Gasteiger partial charge in [0, 0.05) is 11.4 Å². The van der Waals surface area contributed by atoms with Crippen molar-refractivity contribution in [1.29, 1.82) is 0 Å². The van der Waals surface area contributed by atoms with Crippen molar-refractivity contribution in [3.05, 3.63) is 52.8 Å². The minimum absolute atomic E-state index is 0.702. The molecule has 0 saturated heterocycles. The van der Waals surface area contributed by atoms with Crippen LogP contribution in [0.1, 0.15) is 5.89 Å². The van der Waals surface area contributed by atoms with Crippen molar-refractivity contribution in [3.63, 3.8) is 0 Å². The molecule has 0 bridgehead atoms. The molecule has 0 spiro atoms. The van der Waals surface area contributed by atoms with Crippen LogP contribution in [0, 0.1) is 6.92 Å². The first kappa shape index (κ1) is 10.5. The van der Waals surface area contributed by atoms with Crippen LogP contribution in [-0.4, -0.2) is 4.98 Å². The molecule has 0 aliphatic rings. The lowest BCUT2D eigenvalue weighted by Crippen LogP contribution is -1.77. The molecular formula is C14H10BrNO. The molecule has 2 nitrogen and oxygen atoms in total. The Hall–Kier alpha value is -1.61. The van der Waals surface area contributed by atoms with Crippen molar-refractivity contribution in [3.8, 4) is 11.1 Å². The Morgan fingerprint density at radius 2 is 1.71 bits per heavy atom. The normalized spacial score (nSPS) is 10.9. The van der Waals surface area contributed by atoms with Gasteiger partial charge >= 0.3 is 0 Å². The van der Waals surface area contributed by atoms with Gasteiger partial charge in [-0.3, -0.25) is 0 Å². The number of rotatable bonds is 1. The van der Waals surface area contributed by atoms with E-state index >= 15 is 0 Å². The van der Waals surface area contributed by atoms with Crippen LogP contribution in [0.15, 0.2) is 51.4 Å². The molecular weight excluding hydrogens is 278 g/mol. The van der Waals surface area contributed by atoms with Crippen molar-refractivity contribution in [2.45, 2.75) is 6.92 Å². The topological polar surface area (TPSA) is 26.0 Å². The van der Waals surface area contributed by atoms with E-state index in [4.69, 9.17) is 4.42 Å². The summed E-state index contributed by atoms with van der Waals surface area (Å²) in [7, 11) is 0. The van der Waals surface area contributed by atoms with Crippen molar-refractivity contribution >= 4 is 27.0 Å². The highest BCUT2D eigenvalue weighted by molar-refractivity contribution is 9.10. The first-order valence-electron chi connectivity index (χ1n) is 5.35. The molecule has 0 atom stereocenters. The summed E-state index contributed by atoms with van der Waals surface area (Å²) in [6.07, 6.45) is 0. The monoisotopic (exact) mass is 287 g/mol. The van der Waals surface area contributed by atoms with Crippen LogP contribution >= 0.6 is 15.9 Å². The minimum atomic E-state index is 0.702. The van der Waals surface area contributed by atoms with Gasteiger partial charge in [0.2, 0.25) is 0 Å². The Balaban J connectivity index is 2.13. The molecule has 3 heteroatoms. The van der Waals surface area contributed by atoms with E-state index in [1.807, 2.05) is 25.1 Å². The third kappa shape index (κ3) is 1.98. The fourth-order valence-corrected chi connectivity index (χ4v) is 2.13. The van der Waals surface area contributed by atoms with Crippen LogP contribution in [0.5, 0.6) is 0 Å².